The van der Waals surface area contributed by atoms with E-state index in [1.54, 1.807) is 24.3 Å². The number of esters is 1. The molecule has 0 aliphatic carbocycles. The molecule has 9 nitrogen and oxygen atoms in total. The number of hydrogen-bond donors (Lipinski definition) is 1. The van der Waals surface area contributed by atoms with Gasteiger partial charge in [-0.05, 0) is 57.2 Å². The van der Waals surface area contributed by atoms with Gasteiger partial charge < -0.3 is 15.0 Å². The highest BCUT2D eigenvalue weighted by Gasteiger charge is 2.12. The molecule has 0 aliphatic heterocycles. The third-order valence-corrected chi connectivity index (χ3v) is 4.97. The summed E-state index contributed by atoms with van der Waals surface area (Å²) in [6.07, 6.45) is -0.100. The minimum absolute atomic E-state index is 0.0162. The second-order valence-corrected chi connectivity index (χ2v) is 7.52. The average Bonchev–Trinajstić information content (AvgIpc) is 2.79. The highest BCUT2D eigenvalue weighted by Crippen LogP contribution is 2.19. The number of amides is 1. The van der Waals surface area contributed by atoms with Crippen LogP contribution in [0.2, 0.25) is 0 Å². The lowest BCUT2D eigenvalue weighted by molar-refractivity contribution is -0.147. The highest BCUT2D eigenvalue weighted by molar-refractivity contribution is 5.93. The second kappa shape index (κ2) is 10.5. The molecule has 32 heavy (non-hydrogen) atoms. The van der Waals surface area contributed by atoms with Crippen LogP contribution in [0.25, 0.3) is 10.9 Å². The van der Waals surface area contributed by atoms with Gasteiger partial charge in [-0.1, -0.05) is 17.3 Å². The van der Waals surface area contributed by atoms with Gasteiger partial charge >= 0.3 is 5.97 Å². The molecular weight excluding hydrogens is 410 g/mol. The number of aryl methyl sites for hydroxylation is 1. The zero-order chi connectivity index (χ0) is 23.1. The van der Waals surface area contributed by atoms with E-state index in [9.17, 15) is 14.4 Å². The van der Waals surface area contributed by atoms with E-state index in [-0.39, 0.29) is 18.5 Å². The molecule has 0 atom stereocenters. The number of nitrogens with one attached hydrogen (secondary N) is 1. The van der Waals surface area contributed by atoms with Gasteiger partial charge in [0.25, 0.3) is 11.5 Å². The number of ether oxygens (including phenoxy) is 1. The summed E-state index contributed by atoms with van der Waals surface area (Å²) in [4.78, 5) is 38.7. The van der Waals surface area contributed by atoms with Crippen molar-refractivity contribution in [1.29, 1.82) is 0 Å². The summed E-state index contributed by atoms with van der Waals surface area (Å²) < 4.78 is 6.13. The first-order valence-electron chi connectivity index (χ1n) is 10.5. The Bertz CT molecular complexity index is 1140. The van der Waals surface area contributed by atoms with Crippen molar-refractivity contribution in [3.05, 3.63) is 58.9 Å². The maximum atomic E-state index is 12.4. The molecule has 9 heteroatoms. The van der Waals surface area contributed by atoms with E-state index in [0.29, 0.717) is 22.6 Å². The number of anilines is 2. The van der Waals surface area contributed by atoms with Crippen LogP contribution < -0.4 is 15.8 Å². The molecular formula is C23H27N5O4. The molecule has 168 valence electrons. The minimum Gasteiger partial charge on any atom is -0.456 e. The van der Waals surface area contributed by atoms with Crippen molar-refractivity contribution < 1.29 is 14.3 Å². The van der Waals surface area contributed by atoms with Crippen molar-refractivity contribution in [3.63, 3.8) is 0 Å². The monoisotopic (exact) mass is 437 g/mol. The Labute approximate surface area is 186 Å². The third-order valence-electron chi connectivity index (χ3n) is 4.97. The maximum Gasteiger partial charge on any atom is 0.308 e. The van der Waals surface area contributed by atoms with Crippen molar-refractivity contribution in [1.82, 2.24) is 15.0 Å². The van der Waals surface area contributed by atoms with Crippen LogP contribution in [0.4, 0.5) is 11.4 Å². The SMILES string of the molecule is CCN(c1ccc(NC(=O)COC(=O)CCn2nnc3ccccc3c2=O)cc1)C(C)C. The van der Waals surface area contributed by atoms with Gasteiger partial charge in [-0.3, -0.25) is 14.4 Å². The smallest absolute Gasteiger partial charge is 0.308 e. The normalized spacial score (nSPS) is 10.9. The Hall–Kier alpha value is -3.75. The Morgan fingerprint density at radius 3 is 2.53 bits per heavy atom. The van der Waals surface area contributed by atoms with Gasteiger partial charge in [-0.2, -0.15) is 0 Å². The lowest BCUT2D eigenvalue weighted by atomic mass is 10.2. The van der Waals surface area contributed by atoms with Crippen LogP contribution in [0.15, 0.2) is 53.3 Å². The predicted octanol–water partition coefficient (Wildman–Crippen LogP) is 2.60. The second-order valence-electron chi connectivity index (χ2n) is 7.52. The van der Waals surface area contributed by atoms with Gasteiger partial charge in [0.15, 0.2) is 6.61 Å². The van der Waals surface area contributed by atoms with E-state index in [4.69, 9.17) is 4.74 Å². The largest absolute Gasteiger partial charge is 0.456 e. The fourth-order valence-corrected chi connectivity index (χ4v) is 3.36. The summed E-state index contributed by atoms with van der Waals surface area (Å²) in [7, 11) is 0. The van der Waals surface area contributed by atoms with Crippen molar-refractivity contribution in [3.8, 4) is 0 Å². The van der Waals surface area contributed by atoms with E-state index in [2.05, 4.69) is 41.3 Å². The van der Waals surface area contributed by atoms with Gasteiger partial charge in [0, 0.05) is 24.0 Å². The van der Waals surface area contributed by atoms with E-state index in [1.807, 2.05) is 24.3 Å². The molecule has 1 N–H and O–H groups in total. The average molecular weight is 438 g/mol. The number of nitrogens with zero attached hydrogens (tertiary/aromatic N) is 4. The van der Waals surface area contributed by atoms with Gasteiger partial charge in [-0.15, -0.1) is 5.10 Å². The molecule has 0 saturated carbocycles. The number of rotatable bonds is 9. The topological polar surface area (TPSA) is 106 Å². The summed E-state index contributed by atoms with van der Waals surface area (Å²) in [5.41, 5.74) is 1.85. The number of fused-ring (bicyclic) bond motifs is 1. The fraction of sp³-hybridized carbons (Fsp3) is 0.348. The van der Waals surface area contributed by atoms with Gasteiger partial charge in [0.2, 0.25) is 0 Å². The van der Waals surface area contributed by atoms with Crippen LogP contribution in [0.3, 0.4) is 0 Å². The zero-order valence-electron chi connectivity index (χ0n) is 18.4. The molecule has 3 aromatic rings. The van der Waals surface area contributed by atoms with Crippen LogP contribution >= 0.6 is 0 Å². The first kappa shape index (κ1) is 22.9. The summed E-state index contributed by atoms with van der Waals surface area (Å²) in [6.45, 7) is 6.82. The molecule has 0 fully saturated rings. The standard InChI is InChI=1S/C23H27N5O4/c1-4-27(16(2)3)18-11-9-17(10-12-18)24-21(29)15-32-22(30)13-14-28-23(31)19-7-5-6-8-20(19)25-26-28/h5-12,16H,4,13-15H2,1-3H3,(H,24,29). The van der Waals surface area contributed by atoms with Gasteiger partial charge in [0.1, 0.15) is 5.52 Å². The van der Waals surface area contributed by atoms with Crippen LogP contribution in [-0.2, 0) is 20.9 Å². The Morgan fingerprint density at radius 2 is 1.84 bits per heavy atom. The van der Waals surface area contributed by atoms with Crippen molar-refractivity contribution in [2.24, 2.45) is 0 Å². The van der Waals surface area contributed by atoms with E-state index in [1.165, 1.54) is 0 Å². The molecule has 0 spiro atoms. The quantitative estimate of drug-likeness (QED) is 0.513. The number of aromatic nitrogens is 3. The lowest BCUT2D eigenvalue weighted by Crippen LogP contribution is -2.30. The van der Waals surface area contributed by atoms with E-state index in [0.717, 1.165) is 16.9 Å². The van der Waals surface area contributed by atoms with Crippen molar-refractivity contribution >= 4 is 34.2 Å². The molecule has 0 saturated heterocycles. The molecule has 1 aromatic heterocycles. The first-order chi connectivity index (χ1) is 15.4. The predicted molar refractivity (Wildman–Crippen MR) is 123 cm³/mol. The number of carbonyl (C=O) groups is 2. The summed E-state index contributed by atoms with van der Waals surface area (Å²) >= 11 is 0. The zero-order valence-corrected chi connectivity index (χ0v) is 18.4. The maximum absolute atomic E-state index is 12.4. The Morgan fingerprint density at radius 1 is 1.12 bits per heavy atom. The van der Waals surface area contributed by atoms with Crippen LogP contribution in [-0.4, -0.2) is 46.1 Å². The van der Waals surface area contributed by atoms with Crippen molar-refractivity contribution in [2.45, 2.75) is 39.8 Å². The number of carbonyl (C=O) groups excluding carboxylic acids is 2. The molecule has 0 bridgehead atoms. The van der Waals surface area contributed by atoms with E-state index >= 15 is 0 Å². The van der Waals surface area contributed by atoms with Gasteiger partial charge in [0.05, 0.1) is 18.4 Å². The summed E-state index contributed by atoms with van der Waals surface area (Å²) in [5.74, 6) is -1.04. The van der Waals surface area contributed by atoms with Crippen molar-refractivity contribution in [2.75, 3.05) is 23.4 Å². The van der Waals surface area contributed by atoms with Crippen LogP contribution in [0.5, 0.6) is 0 Å². The molecule has 2 aromatic carbocycles. The lowest BCUT2D eigenvalue weighted by Gasteiger charge is -2.27. The Kier molecular flexibility index (Phi) is 7.54. The Balaban J connectivity index is 1.47. The fourth-order valence-electron chi connectivity index (χ4n) is 3.36. The summed E-state index contributed by atoms with van der Waals surface area (Å²) in [6, 6.07) is 14.7. The molecule has 3 rings (SSSR count). The number of hydrogen-bond acceptors (Lipinski definition) is 7. The minimum atomic E-state index is -0.604. The van der Waals surface area contributed by atoms with Crippen LogP contribution in [0, 0.1) is 0 Å². The van der Waals surface area contributed by atoms with Crippen LogP contribution in [0.1, 0.15) is 27.2 Å². The van der Waals surface area contributed by atoms with E-state index < -0.39 is 18.5 Å². The molecule has 0 radical (unpaired) electrons. The highest BCUT2D eigenvalue weighted by atomic mass is 16.5. The first-order valence-corrected chi connectivity index (χ1v) is 10.5. The molecule has 1 amide bonds. The molecule has 0 aliphatic rings. The number of benzene rings is 2. The molecule has 1 heterocycles. The summed E-state index contributed by atoms with van der Waals surface area (Å²) in [5, 5.41) is 10.9. The third kappa shape index (κ3) is 5.69. The van der Waals surface area contributed by atoms with Gasteiger partial charge in [-0.25, -0.2) is 4.68 Å². The molecule has 0 unspecified atom stereocenters.